The number of hydrogen-bond donors (Lipinski definition) is 1. The first-order valence-corrected chi connectivity index (χ1v) is 9.54. The summed E-state index contributed by atoms with van der Waals surface area (Å²) < 4.78 is 0. The van der Waals surface area contributed by atoms with E-state index in [1.54, 1.807) is 18.2 Å². The van der Waals surface area contributed by atoms with Crippen LogP contribution < -0.4 is 5.32 Å². The number of nitrogens with zero attached hydrogens (tertiary/aromatic N) is 2. The predicted octanol–water partition coefficient (Wildman–Crippen LogP) is 3.27. The molecule has 7 heteroatoms. The fraction of sp³-hybridized carbons (Fsp3) is 0.556. The van der Waals surface area contributed by atoms with Gasteiger partial charge in [-0.15, -0.1) is 0 Å². The fourth-order valence-corrected chi connectivity index (χ4v) is 3.81. The van der Waals surface area contributed by atoms with Crippen molar-refractivity contribution in [1.82, 2.24) is 9.80 Å². The molecule has 136 valence electrons. The summed E-state index contributed by atoms with van der Waals surface area (Å²) in [5.41, 5.74) is 0.637. The van der Waals surface area contributed by atoms with Crippen molar-refractivity contribution in [2.45, 2.75) is 25.7 Å². The van der Waals surface area contributed by atoms with E-state index in [9.17, 15) is 9.59 Å². The van der Waals surface area contributed by atoms with E-state index in [1.807, 2.05) is 4.90 Å². The Balaban J connectivity index is 1.44. The Morgan fingerprint density at radius 2 is 1.72 bits per heavy atom. The average Bonchev–Trinajstić information content (AvgIpc) is 3.13. The van der Waals surface area contributed by atoms with Crippen LogP contribution in [-0.4, -0.2) is 54.3 Å². The summed E-state index contributed by atoms with van der Waals surface area (Å²) in [5.74, 6) is 0.340. The van der Waals surface area contributed by atoms with E-state index in [1.165, 1.54) is 0 Å². The lowest BCUT2D eigenvalue weighted by Crippen LogP contribution is -2.43. The number of benzene rings is 1. The van der Waals surface area contributed by atoms with E-state index in [2.05, 4.69) is 10.2 Å². The van der Waals surface area contributed by atoms with Crippen molar-refractivity contribution in [2.75, 3.05) is 38.0 Å². The van der Waals surface area contributed by atoms with Gasteiger partial charge in [-0.05, 0) is 57.0 Å². The van der Waals surface area contributed by atoms with Gasteiger partial charge in [0.25, 0.3) is 0 Å². The minimum atomic E-state index is -0.0808. The quantitative estimate of drug-likeness (QED) is 0.867. The number of carbonyl (C=O) groups is 2. The molecule has 1 aromatic rings. The van der Waals surface area contributed by atoms with E-state index < -0.39 is 0 Å². The van der Waals surface area contributed by atoms with Gasteiger partial charge in [0.2, 0.25) is 11.8 Å². The van der Waals surface area contributed by atoms with Gasteiger partial charge in [-0.1, -0.05) is 23.2 Å². The highest BCUT2D eigenvalue weighted by molar-refractivity contribution is 6.42. The molecule has 0 aromatic heterocycles. The first-order chi connectivity index (χ1) is 12.0. The first-order valence-electron chi connectivity index (χ1n) is 8.79. The SMILES string of the molecule is O=C(CN1CCC(C(=O)N2CCCC2)CC1)Nc1ccc(Cl)c(Cl)c1. The summed E-state index contributed by atoms with van der Waals surface area (Å²) in [7, 11) is 0. The molecule has 0 spiro atoms. The molecule has 0 atom stereocenters. The van der Waals surface area contributed by atoms with Crippen molar-refractivity contribution >= 4 is 40.7 Å². The van der Waals surface area contributed by atoms with Crippen LogP contribution in [0.5, 0.6) is 0 Å². The maximum atomic E-state index is 12.4. The number of anilines is 1. The molecule has 3 rings (SSSR count). The van der Waals surface area contributed by atoms with Gasteiger partial charge in [0.05, 0.1) is 16.6 Å². The van der Waals surface area contributed by atoms with Gasteiger partial charge in [0, 0.05) is 24.7 Å². The second-order valence-corrected chi connectivity index (χ2v) is 7.57. The number of hydrogen-bond acceptors (Lipinski definition) is 3. The smallest absolute Gasteiger partial charge is 0.238 e. The standard InChI is InChI=1S/C18H23Cl2N3O2/c19-15-4-3-14(11-16(15)20)21-17(24)12-22-9-5-13(6-10-22)18(25)23-7-1-2-8-23/h3-4,11,13H,1-2,5-10,12H2,(H,21,24). The van der Waals surface area contributed by atoms with Crippen molar-refractivity contribution in [3.63, 3.8) is 0 Å². The summed E-state index contributed by atoms with van der Waals surface area (Å²) in [6.07, 6.45) is 3.91. The largest absolute Gasteiger partial charge is 0.342 e. The summed E-state index contributed by atoms with van der Waals surface area (Å²) in [6.45, 7) is 3.69. The molecular weight excluding hydrogens is 361 g/mol. The van der Waals surface area contributed by atoms with Crippen LogP contribution in [0.2, 0.25) is 10.0 Å². The number of halogens is 2. The highest BCUT2D eigenvalue weighted by Crippen LogP contribution is 2.25. The number of carbonyl (C=O) groups excluding carboxylic acids is 2. The Labute approximate surface area is 158 Å². The van der Waals surface area contributed by atoms with Gasteiger partial charge in [-0.25, -0.2) is 0 Å². The third-order valence-corrected chi connectivity index (χ3v) is 5.66. The highest BCUT2D eigenvalue weighted by atomic mass is 35.5. The second-order valence-electron chi connectivity index (χ2n) is 6.76. The molecule has 2 heterocycles. The van der Waals surface area contributed by atoms with Gasteiger partial charge in [0.1, 0.15) is 0 Å². The molecule has 0 aliphatic carbocycles. The number of piperidine rings is 1. The Morgan fingerprint density at radius 3 is 2.36 bits per heavy atom. The number of amides is 2. The van der Waals surface area contributed by atoms with Crippen LogP contribution in [0.4, 0.5) is 5.69 Å². The Bertz CT molecular complexity index is 639. The molecule has 0 saturated carbocycles. The van der Waals surface area contributed by atoms with E-state index in [0.717, 1.165) is 51.9 Å². The Hall–Kier alpha value is -1.30. The molecule has 0 bridgehead atoms. The maximum absolute atomic E-state index is 12.4. The van der Waals surface area contributed by atoms with E-state index >= 15 is 0 Å². The Kier molecular flexibility index (Phi) is 6.20. The summed E-state index contributed by atoms with van der Waals surface area (Å²) in [5, 5.41) is 3.72. The molecule has 0 unspecified atom stereocenters. The second kappa shape index (κ2) is 8.39. The van der Waals surface area contributed by atoms with Gasteiger partial charge < -0.3 is 10.2 Å². The number of likely N-dealkylation sites (tertiary alicyclic amines) is 2. The van der Waals surface area contributed by atoms with Gasteiger partial charge >= 0.3 is 0 Å². The van der Waals surface area contributed by atoms with Crippen molar-refractivity contribution in [3.05, 3.63) is 28.2 Å². The van der Waals surface area contributed by atoms with Crippen LogP contribution in [0.15, 0.2) is 18.2 Å². The average molecular weight is 384 g/mol. The van der Waals surface area contributed by atoms with Crippen LogP contribution in [0, 0.1) is 5.92 Å². The number of rotatable bonds is 4. The van der Waals surface area contributed by atoms with E-state index in [0.29, 0.717) is 28.2 Å². The molecule has 2 saturated heterocycles. The van der Waals surface area contributed by atoms with Crippen LogP contribution >= 0.6 is 23.2 Å². The predicted molar refractivity (Wildman–Crippen MR) is 100 cm³/mol. The van der Waals surface area contributed by atoms with Crippen LogP contribution in [0.3, 0.4) is 0 Å². The van der Waals surface area contributed by atoms with E-state index in [4.69, 9.17) is 23.2 Å². The number of nitrogens with one attached hydrogen (secondary N) is 1. The monoisotopic (exact) mass is 383 g/mol. The van der Waals surface area contributed by atoms with Crippen molar-refractivity contribution < 1.29 is 9.59 Å². The van der Waals surface area contributed by atoms with Crippen molar-refractivity contribution in [1.29, 1.82) is 0 Å². The molecule has 1 aromatic carbocycles. The maximum Gasteiger partial charge on any atom is 0.238 e. The molecule has 2 fully saturated rings. The fourth-order valence-electron chi connectivity index (χ4n) is 3.51. The Morgan fingerprint density at radius 1 is 1.04 bits per heavy atom. The van der Waals surface area contributed by atoms with E-state index in [-0.39, 0.29) is 11.8 Å². The molecule has 1 N–H and O–H groups in total. The lowest BCUT2D eigenvalue weighted by molar-refractivity contribution is -0.136. The molecule has 5 nitrogen and oxygen atoms in total. The molecule has 25 heavy (non-hydrogen) atoms. The minimum absolute atomic E-state index is 0.0808. The van der Waals surface area contributed by atoms with Crippen LogP contribution in [-0.2, 0) is 9.59 Å². The van der Waals surface area contributed by atoms with Gasteiger partial charge in [0.15, 0.2) is 0 Å². The molecular formula is C18H23Cl2N3O2. The highest BCUT2D eigenvalue weighted by Gasteiger charge is 2.30. The van der Waals surface area contributed by atoms with Crippen LogP contribution in [0.1, 0.15) is 25.7 Å². The molecule has 0 radical (unpaired) electrons. The summed E-state index contributed by atoms with van der Waals surface area (Å²) >= 11 is 11.8. The summed E-state index contributed by atoms with van der Waals surface area (Å²) in [6, 6.07) is 5.03. The molecule has 2 aliphatic rings. The summed E-state index contributed by atoms with van der Waals surface area (Å²) in [4.78, 5) is 28.7. The van der Waals surface area contributed by atoms with Crippen LogP contribution in [0.25, 0.3) is 0 Å². The van der Waals surface area contributed by atoms with Gasteiger partial charge in [-0.3, -0.25) is 14.5 Å². The zero-order valence-electron chi connectivity index (χ0n) is 14.1. The topological polar surface area (TPSA) is 52.7 Å². The molecule has 2 aliphatic heterocycles. The third kappa shape index (κ3) is 4.87. The first kappa shape index (κ1) is 18.5. The lowest BCUT2D eigenvalue weighted by atomic mass is 9.95. The van der Waals surface area contributed by atoms with Crippen molar-refractivity contribution in [2.24, 2.45) is 5.92 Å². The minimum Gasteiger partial charge on any atom is -0.342 e. The normalized spacial score (nSPS) is 19.2. The molecule has 2 amide bonds. The lowest BCUT2D eigenvalue weighted by Gasteiger charge is -2.32. The van der Waals surface area contributed by atoms with Crippen molar-refractivity contribution in [3.8, 4) is 0 Å². The zero-order valence-corrected chi connectivity index (χ0v) is 15.7. The zero-order chi connectivity index (χ0) is 17.8. The third-order valence-electron chi connectivity index (χ3n) is 4.93. The van der Waals surface area contributed by atoms with Gasteiger partial charge in [-0.2, -0.15) is 0 Å².